The first-order valence-corrected chi connectivity index (χ1v) is 7.44. The van der Waals surface area contributed by atoms with Crippen molar-refractivity contribution in [2.45, 2.75) is 26.6 Å². The van der Waals surface area contributed by atoms with Gasteiger partial charge in [0.2, 0.25) is 0 Å². The van der Waals surface area contributed by atoms with Crippen LogP contribution in [0, 0.1) is 0 Å². The van der Waals surface area contributed by atoms with E-state index in [2.05, 4.69) is 35.8 Å². The second-order valence-electron chi connectivity index (χ2n) is 5.26. The molecule has 3 rings (SSSR count). The van der Waals surface area contributed by atoms with E-state index in [0.717, 1.165) is 17.8 Å². The van der Waals surface area contributed by atoms with Crippen molar-refractivity contribution in [1.29, 1.82) is 0 Å². The number of nitrogens with zero attached hydrogens (tertiary/aromatic N) is 1. The SMILES string of the molecule is CCn1c(COc2cccc(O)c2)cc2cc(CN)ccc21. The molecule has 1 heterocycles. The van der Waals surface area contributed by atoms with Gasteiger partial charge in [-0.25, -0.2) is 0 Å². The lowest BCUT2D eigenvalue weighted by Gasteiger charge is -2.10. The monoisotopic (exact) mass is 296 g/mol. The molecule has 0 unspecified atom stereocenters. The van der Waals surface area contributed by atoms with Crippen LogP contribution >= 0.6 is 0 Å². The molecule has 0 saturated carbocycles. The third kappa shape index (κ3) is 2.78. The van der Waals surface area contributed by atoms with Gasteiger partial charge in [-0.05, 0) is 42.8 Å². The fraction of sp³-hybridized carbons (Fsp3) is 0.222. The molecule has 0 spiro atoms. The van der Waals surface area contributed by atoms with Crippen LogP contribution in [0.3, 0.4) is 0 Å². The van der Waals surface area contributed by atoms with Gasteiger partial charge < -0.3 is 20.1 Å². The molecule has 114 valence electrons. The van der Waals surface area contributed by atoms with Gasteiger partial charge >= 0.3 is 0 Å². The number of fused-ring (bicyclic) bond motifs is 1. The highest BCUT2D eigenvalue weighted by Crippen LogP contribution is 2.24. The van der Waals surface area contributed by atoms with Crippen molar-refractivity contribution in [3.8, 4) is 11.5 Å². The van der Waals surface area contributed by atoms with Crippen LogP contribution in [0.2, 0.25) is 0 Å². The van der Waals surface area contributed by atoms with E-state index in [4.69, 9.17) is 10.5 Å². The lowest BCUT2D eigenvalue weighted by molar-refractivity contribution is 0.294. The molecule has 0 fully saturated rings. The number of aromatic nitrogens is 1. The summed E-state index contributed by atoms with van der Waals surface area (Å²) in [6, 6.07) is 15.3. The second-order valence-corrected chi connectivity index (χ2v) is 5.26. The van der Waals surface area contributed by atoms with Crippen LogP contribution in [0.1, 0.15) is 18.2 Å². The quantitative estimate of drug-likeness (QED) is 0.758. The highest BCUT2D eigenvalue weighted by molar-refractivity contribution is 5.82. The molecule has 22 heavy (non-hydrogen) atoms. The van der Waals surface area contributed by atoms with Crippen molar-refractivity contribution in [1.82, 2.24) is 4.57 Å². The first kappa shape index (κ1) is 14.5. The summed E-state index contributed by atoms with van der Waals surface area (Å²) in [5, 5.41) is 10.7. The molecule has 0 saturated heterocycles. The zero-order valence-electron chi connectivity index (χ0n) is 12.6. The number of phenolic OH excluding ortho intramolecular Hbond substituents is 1. The normalized spacial score (nSPS) is 11.0. The van der Waals surface area contributed by atoms with E-state index in [9.17, 15) is 5.11 Å². The number of hydrogen-bond donors (Lipinski definition) is 2. The predicted octanol–water partition coefficient (Wildman–Crippen LogP) is 3.40. The van der Waals surface area contributed by atoms with E-state index in [1.54, 1.807) is 18.2 Å². The summed E-state index contributed by atoms with van der Waals surface area (Å²) in [7, 11) is 0. The van der Waals surface area contributed by atoms with E-state index in [0.29, 0.717) is 18.9 Å². The lowest BCUT2D eigenvalue weighted by atomic mass is 10.1. The highest BCUT2D eigenvalue weighted by atomic mass is 16.5. The second kappa shape index (κ2) is 6.12. The largest absolute Gasteiger partial charge is 0.508 e. The number of aromatic hydroxyl groups is 1. The Kier molecular flexibility index (Phi) is 4.02. The van der Waals surface area contributed by atoms with Crippen molar-refractivity contribution in [2.75, 3.05) is 0 Å². The number of ether oxygens (including phenoxy) is 1. The average molecular weight is 296 g/mol. The van der Waals surface area contributed by atoms with Gasteiger partial charge in [-0.15, -0.1) is 0 Å². The van der Waals surface area contributed by atoms with E-state index in [1.165, 1.54) is 10.9 Å². The molecule has 3 N–H and O–H groups in total. The minimum atomic E-state index is 0.209. The van der Waals surface area contributed by atoms with Crippen molar-refractivity contribution in [3.63, 3.8) is 0 Å². The van der Waals surface area contributed by atoms with Crippen LogP contribution in [0.4, 0.5) is 0 Å². The van der Waals surface area contributed by atoms with E-state index in [1.807, 2.05) is 6.07 Å². The molecule has 0 aliphatic rings. The molecular formula is C18H20N2O2. The maximum atomic E-state index is 9.49. The molecule has 0 radical (unpaired) electrons. The molecule has 0 amide bonds. The number of hydrogen-bond acceptors (Lipinski definition) is 3. The molecule has 4 heteroatoms. The Labute approximate surface area is 129 Å². The van der Waals surface area contributed by atoms with Crippen LogP contribution in [0.15, 0.2) is 48.5 Å². The summed E-state index contributed by atoms with van der Waals surface area (Å²) in [5.41, 5.74) is 9.13. The average Bonchev–Trinajstić information content (AvgIpc) is 2.89. The van der Waals surface area contributed by atoms with Crippen molar-refractivity contribution in [3.05, 3.63) is 59.8 Å². The Morgan fingerprint density at radius 1 is 1.14 bits per heavy atom. The number of nitrogens with two attached hydrogens (primary N) is 1. The van der Waals surface area contributed by atoms with E-state index >= 15 is 0 Å². The molecule has 2 aromatic carbocycles. The number of aryl methyl sites for hydroxylation is 1. The maximum absolute atomic E-state index is 9.49. The van der Waals surface area contributed by atoms with Gasteiger partial charge in [0, 0.05) is 30.1 Å². The number of benzene rings is 2. The van der Waals surface area contributed by atoms with Gasteiger partial charge in [0.15, 0.2) is 0 Å². The van der Waals surface area contributed by atoms with Crippen molar-refractivity contribution in [2.24, 2.45) is 5.73 Å². The molecule has 1 aromatic heterocycles. The zero-order valence-corrected chi connectivity index (χ0v) is 12.6. The van der Waals surface area contributed by atoms with Gasteiger partial charge in [0.25, 0.3) is 0 Å². The molecule has 0 aliphatic heterocycles. The van der Waals surface area contributed by atoms with Crippen LogP contribution in [0.25, 0.3) is 10.9 Å². The third-order valence-electron chi connectivity index (χ3n) is 3.81. The molecule has 0 bridgehead atoms. The van der Waals surface area contributed by atoms with Crippen LogP contribution in [0.5, 0.6) is 11.5 Å². The summed E-state index contributed by atoms with van der Waals surface area (Å²) in [4.78, 5) is 0. The summed E-state index contributed by atoms with van der Waals surface area (Å²) in [6.45, 7) is 4.00. The Morgan fingerprint density at radius 3 is 2.73 bits per heavy atom. The molecular weight excluding hydrogens is 276 g/mol. The predicted molar refractivity (Wildman–Crippen MR) is 87.9 cm³/mol. The summed E-state index contributed by atoms with van der Waals surface area (Å²) in [6.07, 6.45) is 0. The standard InChI is InChI=1S/C18H20N2O2/c1-2-20-15(12-22-17-5-3-4-16(21)10-17)9-14-8-13(11-19)6-7-18(14)20/h3-10,21H,2,11-12,19H2,1H3. The van der Waals surface area contributed by atoms with Crippen molar-refractivity contribution >= 4 is 10.9 Å². The smallest absolute Gasteiger partial charge is 0.128 e. The van der Waals surface area contributed by atoms with Gasteiger partial charge in [0.05, 0.1) is 5.69 Å². The zero-order chi connectivity index (χ0) is 15.5. The van der Waals surface area contributed by atoms with Crippen molar-refractivity contribution < 1.29 is 9.84 Å². The lowest BCUT2D eigenvalue weighted by Crippen LogP contribution is -2.04. The van der Waals surface area contributed by atoms with Gasteiger partial charge in [-0.3, -0.25) is 0 Å². The topological polar surface area (TPSA) is 60.4 Å². The van der Waals surface area contributed by atoms with E-state index in [-0.39, 0.29) is 5.75 Å². The first-order chi connectivity index (χ1) is 10.7. The summed E-state index contributed by atoms with van der Waals surface area (Å²) >= 11 is 0. The minimum absolute atomic E-state index is 0.209. The third-order valence-corrected chi connectivity index (χ3v) is 3.81. The minimum Gasteiger partial charge on any atom is -0.508 e. The molecule has 3 aromatic rings. The van der Waals surface area contributed by atoms with Gasteiger partial charge in [-0.1, -0.05) is 12.1 Å². The Bertz CT molecular complexity index is 793. The molecule has 0 atom stereocenters. The van der Waals surface area contributed by atoms with Gasteiger partial charge in [0.1, 0.15) is 18.1 Å². The molecule has 4 nitrogen and oxygen atoms in total. The van der Waals surface area contributed by atoms with Crippen LogP contribution < -0.4 is 10.5 Å². The Hall–Kier alpha value is -2.46. The summed E-state index contributed by atoms with van der Waals surface area (Å²) in [5.74, 6) is 0.872. The number of phenols is 1. The van der Waals surface area contributed by atoms with E-state index < -0.39 is 0 Å². The van der Waals surface area contributed by atoms with Gasteiger partial charge in [-0.2, -0.15) is 0 Å². The van der Waals surface area contributed by atoms with Crippen LogP contribution in [-0.4, -0.2) is 9.67 Å². The van der Waals surface area contributed by atoms with Crippen LogP contribution in [-0.2, 0) is 19.7 Å². The fourth-order valence-electron chi connectivity index (χ4n) is 2.73. The maximum Gasteiger partial charge on any atom is 0.128 e. The molecule has 0 aliphatic carbocycles. The fourth-order valence-corrected chi connectivity index (χ4v) is 2.73. The number of rotatable bonds is 5. The first-order valence-electron chi connectivity index (χ1n) is 7.44. The Morgan fingerprint density at radius 2 is 2.00 bits per heavy atom. The summed E-state index contributed by atoms with van der Waals surface area (Å²) < 4.78 is 8.03. The Balaban J connectivity index is 1.89. The highest BCUT2D eigenvalue weighted by Gasteiger charge is 2.09.